The second-order valence-electron chi connectivity index (χ2n) is 11.7. The Kier molecular flexibility index (Phi) is 8.52. The van der Waals surface area contributed by atoms with E-state index in [4.69, 9.17) is 13.8 Å². The molecule has 2 fully saturated rings. The minimum absolute atomic E-state index is 0.0795. The van der Waals surface area contributed by atoms with Gasteiger partial charge >= 0.3 is 0 Å². The fourth-order valence-corrected chi connectivity index (χ4v) is 8.57. The minimum Gasteiger partial charge on any atom is -0.492 e. The maximum atomic E-state index is 13.5. The van der Waals surface area contributed by atoms with Crippen LogP contribution in [-0.2, 0) is 23.9 Å². The first-order valence-electron chi connectivity index (χ1n) is 14.4. The summed E-state index contributed by atoms with van der Waals surface area (Å²) in [5, 5.41) is 1.30. The number of aldehydes is 1. The lowest BCUT2D eigenvalue weighted by atomic mass is 9.71. The van der Waals surface area contributed by atoms with Gasteiger partial charge in [0.1, 0.15) is 18.6 Å². The third-order valence-corrected chi connectivity index (χ3v) is 10.1. The van der Waals surface area contributed by atoms with Crippen LogP contribution in [0.4, 0.5) is 0 Å². The zero-order valence-electron chi connectivity index (χ0n) is 23.8. The van der Waals surface area contributed by atoms with Crippen LogP contribution in [0.3, 0.4) is 0 Å². The topological polar surface area (TPSA) is 120 Å². The Bertz CT molecular complexity index is 1410. The van der Waals surface area contributed by atoms with Crippen LogP contribution in [0.15, 0.2) is 30.3 Å². The monoisotopic (exact) mass is 586 g/mol. The van der Waals surface area contributed by atoms with E-state index in [1.54, 1.807) is 18.2 Å². The smallest absolute Gasteiger partial charge is 0.289 e. The van der Waals surface area contributed by atoms with E-state index in [1.807, 2.05) is 20.8 Å². The lowest BCUT2D eigenvalue weighted by molar-refractivity contribution is -0.118. The van der Waals surface area contributed by atoms with Crippen LogP contribution in [0.5, 0.6) is 5.75 Å². The van der Waals surface area contributed by atoms with Gasteiger partial charge in [0.15, 0.2) is 0 Å². The number of imide groups is 1. The van der Waals surface area contributed by atoms with E-state index in [0.29, 0.717) is 54.4 Å². The fourth-order valence-electron chi connectivity index (χ4n) is 7.10. The molecule has 0 radical (unpaired) electrons. The summed E-state index contributed by atoms with van der Waals surface area (Å²) in [4.78, 5) is 41.6. The Labute approximate surface area is 241 Å². The summed E-state index contributed by atoms with van der Waals surface area (Å²) in [7, 11) is -4.49. The first-order valence-corrected chi connectivity index (χ1v) is 15.9. The van der Waals surface area contributed by atoms with Gasteiger partial charge in [-0.1, -0.05) is 39.3 Å². The van der Waals surface area contributed by atoms with Gasteiger partial charge in [-0.15, -0.1) is 9.35 Å². The number of nitrogens with zero attached hydrogens (tertiary/aromatic N) is 2. The number of hydrogen-bond acceptors (Lipinski definition) is 9. The molecule has 2 amide bonds. The maximum absolute atomic E-state index is 13.5. The summed E-state index contributed by atoms with van der Waals surface area (Å²) in [6.45, 7) is 10.2. The summed E-state index contributed by atoms with van der Waals surface area (Å²) < 4.78 is 43.4. The predicted molar refractivity (Wildman–Crippen MR) is 152 cm³/mol. The molecule has 3 atom stereocenters. The number of ether oxygens (including phenoxy) is 2. The van der Waals surface area contributed by atoms with Gasteiger partial charge in [-0.05, 0) is 48.8 Å². The number of carbonyl (C=O) groups excluding carboxylic acids is 3. The van der Waals surface area contributed by atoms with Gasteiger partial charge in [-0.3, -0.25) is 14.5 Å². The predicted octanol–water partition coefficient (Wildman–Crippen LogP) is 3.69. The molecule has 1 aliphatic carbocycles. The summed E-state index contributed by atoms with van der Waals surface area (Å²) >= 11 is 0. The third kappa shape index (κ3) is 5.64. The Morgan fingerprint density at radius 2 is 1.80 bits per heavy atom. The standard InChI is InChI=1S/C30H38N2O8S/c1-4-21-10-11-30(18-33,27(21)20(2)3)19-41(36,37)40-32-28(34)23-7-5-6-22-25(9-8-24(26(22)23)29(32)35)39-17-14-31-12-15-38-16-13-31/h5-9,18,20-21,27H,4,10-17,19H2,1-3H3. The van der Waals surface area contributed by atoms with E-state index in [9.17, 15) is 22.8 Å². The highest BCUT2D eigenvalue weighted by Crippen LogP contribution is 2.51. The minimum atomic E-state index is -4.49. The molecule has 2 aromatic rings. The molecule has 2 heterocycles. The van der Waals surface area contributed by atoms with Crippen molar-refractivity contribution >= 4 is 39.0 Å². The molecule has 41 heavy (non-hydrogen) atoms. The second-order valence-corrected chi connectivity index (χ2v) is 13.2. The highest BCUT2D eigenvalue weighted by molar-refractivity contribution is 7.86. The Hall–Kier alpha value is -2.86. The van der Waals surface area contributed by atoms with E-state index < -0.39 is 33.1 Å². The number of amides is 2. The molecule has 1 saturated carbocycles. The average Bonchev–Trinajstić information content (AvgIpc) is 3.33. The number of hydrogen-bond donors (Lipinski definition) is 0. The summed E-state index contributed by atoms with van der Waals surface area (Å²) in [6.07, 6.45) is 2.73. The van der Waals surface area contributed by atoms with Crippen molar-refractivity contribution in [1.29, 1.82) is 0 Å². The molecule has 0 bridgehead atoms. The van der Waals surface area contributed by atoms with E-state index in [-0.39, 0.29) is 28.9 Å². The molecule has 1 saturated heterocycles. The second kappa shape index (κ2) is 11.8. The third-order valence-electron chi connectivity index (χ3n) is 8.86. The maximum Gasteiger partial charge on any atom is 0.289 e. The molecular formula is C30H38N2O8S. The van der Waals surface area contributed by atoms with Gasteiger partial charge in [-0.2, -0.15) is 8.42 Å². The van der Waals surface area contributed by atoms with Crippen molar-refractivity contribution in [3.05, 3.63) is 41.5 Å². The molecule has 3 unspecified atom stereocenters. The molecule has 0 N–H and O–H groups in total. The highest BCUT2D eigenvalue weighted by atomic mass is 32.2. The van der Waals surface area contributed by atoms with Gasteiger partial charge in [0.2, 0.25) is 0 Å². The average molecular weight is 587 g/mol. The van der Waals surface area contributed by atoms with Crippen molar-refractivity contribution in [2.45, 2.75) is 40.0 Å². The molecule has 2 aromatic carbocycles. The number of rotatable bonds is 11. The van der Waals surface area contributed by atoms with Crippen LogP contribution in [0.25, 0.3) is 10.8 Å². The van der Waals surface area contributed by atoms with E-state index in [1.165, 1.54) is 12.1 Å². The largest absolute Gasteiger partial charge is 0.492 e. The van der Waals surface area contributed by atoms with Crippen LogP contribution in [0, 0.1) is 23.2 Å². The highest BCUT2D eigenvalue weighted by Gasteiger charge is 2.52. The van der Waals surface area contributed by atoms with Gasteiger partial charge in [0.05, 0.1) is 30.1 Å². The molecule has 222 valence electrons. The Morgan fingerprint density at radius 1 is 1.10 bits per heavy atom. The lowest BCUT2D eigenvalue weighted by Crippen LogP contribution is -2.45. The number of morpholine rings is 1. The molecule has 0 aromatic heterocycles. The van der Waals surface area contributed by atoms with Gasteiger partial charge in [-0.25, -0.2) is 0 Å². The van der Waals surface area contributed by atoms with Crippen molar-refractivity contribution in [3.8, 4) is 5.75 Å². The molecule has 10 nitrogen and oxygen atoms in total. The zero-order valence-corrected chi connectivity index (χ0v) is 24.7. The zero-order chi connectivity index (χ0) is 29.4. The fraction of sp³-hybridized carbons (Fsp3) is 0.567. The number of carbonyl (C=O) groups is 3. The van der Waals surface area contributed by atoms with Gasteiger partial charge in [0.25, 0.3) is 21.9 Å². The number of benzene rings is 2. The normalized spacial score (nSPS) is 25.3. The SMILES string of the molecule is CCC1CCC(C=O)(CS(=O)(=O)ON2C(=O)c3cccc4c(OCCN5CCOCC5)ccc(c34)C2=O)C1C(C)C. The van der Waals surface area contributed by atoms with Gasteiger partial charge < -0.3 is 14.3 Å². The molecule has 3 aliphatic rings. The van der Waals surface area contributed by atoms with Crippen LogP contribution < -0.4 is 4.74 Å². The van der Waals surface area contributed by atoms with Crippen LogP contribution in [-0.4, -0.2) is 81.7 Å². The van der Waals surface area contributed by atoms with Crippen molar-refractivity contribution < 1.29 is 36.6 Å². The van der Waals surface area contributed by atoms with Crippen LogP contribution in [0.2, 0.25) is 0 Å². The molecule has 5 rings (SSSR count). The molecule has 2 aliphatic heterocycles. The van der Waals surface area contributed by atoms with Crippen LogP contribution >= 0.6 is 0 Å². The van der Waals surface area contributed by atoms with E-state index >= 15 is 0 Å². The quantitative estimate of drug-likeness (QED) is 0.287. The lowest BCUT2D eigenvalue weighted by Gasteiger charge is -2.35. The summed E-state index contributed by atoms with van der Waals surface area (Å²) in [5.41, 5.74) is -0.855. The molecular weight excluding hydrogens is 548 g/mol. The van der Waals surface area contributed by atoms with Crippen molar-refractivity contribution in [3.63, 3.8) is 0 Å². The Balaban J connectivity index is 1.37. The number of hydroxylamine groups is 2. The summed E-state index contributed by atoms with van der Waals surface area (Å²) in [6, 6.07) is 8.14. The van der Waals surface area contributed by atoms with Crippen molar-refractivity contribution in [2.24, 2.45) is 23.2 Å². The van der Waals surface area contributed by atoms with Crippen molar-refractivity contribution in [2.75, 3.05) is 45.2 Å². The van der Waals surface area contributed by atoms with Crippen LogP contribution in [0.1, 0.15) is 60.7 Å². The van der Waals surface area contributed by atoms with E-state index in [0.717, 1.165) is 32.2 Å². The molecule has 0 spiro atoms. The summed E-state index contributed by atoms with van der Waals surface area (Å²) in [5.74, 6) is -1.67. The molecule has 11 heteroatoms. The first kappa shape index (κ1) is 29.6. The first-order chi connectivity index (χ1) is 19.6. The van der Waals surface area contributed by atoms with Gasteiger partial charge in [0, 0.05) is 35.8 Å². The Morgan fingerprint density at radius 3 is 2.46 bits per heavy atom. The van der Waals surface area contributed by atoms with E-state index in [2.05, 4.69) is 4.90 Å². The van der Waals surface area contributed by atoms with Crippen molar-refractivity contribution in [1.82, 2.24) is 9.96 Å².